The molecule has 0 aromatic rings. The van der Waals surface area contributed by atoms with Crippen LogP contribution in [0.25, 0.3) is 0 Å². The quantitative estimate of drug-likeness (QED) is 0.837. The molecular weight excluding hydrogens is 262 g/mol. The molecule has 2 fully saturated rings. The van der Waals surface area contributed by atoms with E-state index >= 15 is 0 Å². The van der Waals surface area contributed by atoms with E-state index in [0.29, 0.717) is 12.0 Å². The van der Waals surface area contributed by atoms with Crippen molar-refractivity contribution in [1.29, 1.82) is 0 Å². The molecule has 4 nitrogen and oxygen atoms in total. The maximum atomic E-state index is 6.42. The van der Waals surface area contributed by atoms with Crippen molar-refractivity contribution in [2.45, 2.75) is 58.3 Å². The van der Waals surface area contributed by atoms with Crippen molar-refractivity contribution in [2.24, 2.45) is 5.92 Å². The molecule has 0 aromatic heterocycles. The molecule has 1 N–H and O–H groups in total. The van der Waals surface area contributed by atoms with Gasteiger partial charge in [-0.1, -0.05) is 6.92 Å². The second-order valence-corrected chi connectivity index (χ2v) is 7.95. The summed E-state index contributed by atoms with van der Waals surface area (Å²) in [7, 11) is 2.22. The zero-order valence-corrected chi connectivity index (χ0v) is 14.9. The van der Waals surface area contributed by atoms with Crippen LogP contribution in [-0.4, -0.2) is 73.4 Å². The zero-order chi connectivity index (χ0) is 15.7. The van der Waals surface area contributed by atoms with Gasteiger partial charge in [-0.25, -0.2) is 0 Å². The van der Waals surface area contributed by atoms with Crippen molar-refractivity contribution < 1.29 is 4.74 Å². The van der Waals surface area contributed by atoms with Gasteiger partial charge in [-0.3, -0.25) is 0 Å². The number of rotatable bonds is 5. The molecule has 0 radical (unpaired) electrons. The molecule has 0 aliphatic carbocycles. The lowest BCUT2D eigenvalue weighted by molar-refractivity contribution is -0.0801. The lowest BCUT2D eigenvalue weighted by Gasteiger charge is -2.38. The molecule has 2 atom stereocenters. The molecule has 4 heteroatoms. The van der Waals surface area contributed by atoms with Crippen LogP contribution in [-0.2, 0) is 4.74 Å². The fourth-order valence-electron chi connectivity index (χ4n) is 4.02. The average molecular weight is 297 g/mol. The largest absolute Gasteiger partial charge is 0.368 e. The Hall–Kier alpha value is -0.160. The van der Waals surface area contributed by atoms with E-state index in [9.17, 15) is 0 Å². The van der Waals surface area contributed by atoms with E-state index in [2.05, 4.69) is 56.8 Å². The monoisotopic (exact) mass is 297 g/mol. The lowest BCUT2D eigenvalue weighted by atomic mass is 9.82. The molecule has 0 amide bonds. The van der Waals surface area contributed by atoms with Gasteiger partial charge in [0, 0.05) is 44.7 Å². The Bertz CT molecular complexity index is 335. The van der Waals surface area contributed by atoms with Crippen LogP contribution in [0.2, 0.25) is 0 Å². The molecule has 124 valence electrons. The molecular formula is C17H35N3O. The van der Waals surface area contributed by atoms with Crippen LogP contribution in [0.4, 0.5) is 0 Å². The van der Waals surface area contributed by atoms with Crippen LogP contribution in [0.5, 0.6) is 0 Å². The Labute approximate surface area is 131 Å². The number of nitrogens with one attached hydrogen (secondary N) is 1. The van der Waals surface area contributed by atoms with Gasteiger partial charge in [0.2, 0.25) is 0 Å². The second-order valence-electron chi connectivity index (χ2n) is 7.95. The minimum Gasteiger partial charge on any atom is -0.368 e. The molecule has 2 aliphatic heterocycles. The van der Waals surface area contributed by atoms with E-state index < -0.39 is 0 Å². The highest BCUT2D eigenvalue weighted by molar-refractivity contribution is 5.06. The SMILES string of the molecule is CCCNC1C(CN2CCN(C)CC2)C(C)(C)OC1(C)C. The van der Waals surface area contributed by atoms with Crippen molar-refractivity contribution in [1.82, 2.24) is 15.1 Å². The van der Waals surface area contributed by atoms with Crippen molar-refractivity contribution in [3.63, 3.8) is 0 Å². The summed E-state index contributed by atoms with van der Waals surface area (Å²) in [5, 5.41) is 3.76. The summed E-state index contributed by atoms with van der Waals surface area (Å²) in [4.78, 5) is 5.04. The average Bonchev–Trinajstić information content (AvgIpc) is 2.55. The highest BCUT2D eigenvalue weighted by Crippen LogP contribution is 2.42. The first kappa shape index (κ1) is 17.2. The van der Waals surface area contributed by atoms with Crippen LogP contribution >= 0.6 is 0 Å². The first-order valence-corrected chi connectivity index (χ1v) is 8.60. The minimum absolute atomic E-state index is 0.0573. The molecule has 21 heavy (non-hydrogen) atoms. The topological polar surface area (TPSA) is 27.7 Å². The standard InChI is InChI=1S/C17H35N3O/c1-7-8-18-15-14(16(2,3)21-17(15,4)5)13-20-11-9-19(6)10-12-20/h14-15,18H,7-13H2,1-6H3. The van der Waals surface area contributed by atoms with E-state index in [1.54, 1.807) is 0 Å². The van der Waals surface area contributed by atoms with Crippen molar-refractivity contribution in [3.05, 3.63) is 0 Å². The molecule has 2 heterocycles. The number of ether oxygens (including phenoxy) is 1. The lowest BCUT2D eigenvalue weighted by Crippen LogP contribution is -2.53. The number of hydrogen-bond donors (Lipinski definition) is 1. The molecule has 0 bridgehead atoms. The van der Waals surface area contributed by atoms with Gasteiger partial charge < -0.3 is 19.9 Å². The molecule has 0 saturated carbocycles. The highest BCUT2D eigenvalue weighted by Gasteiger charge is 2.53. The Morgan fingerprint density at radius 3 is 2.24 bits per heavy atom. The van der Waals surface area contributed by atoms with Crippen molar-refractivity contribution in [2.75, 3.05) is 46.3 Å². The summed E-state index contributed by atoms with van der Waals surface area (Å²) >= 11 is 0. The second kappa shape index (κ2) is 6.53. The number of nitrogens with zero attached hydrogens (tertiary/aromatic N) is 2. The van der Waals surface area contributed by atoms with Crippen LogP contribution in [0.3, 0.4) is 0 Å². The molecule has 2 unspecified atom stereocenters. The van der Waals surface area contributed by atoms with Crippen LogP contribution in [0.15, 0.2) is 0 Å². The van der Waals surface area contributed by atoms with Crippen molar-refractivity contribution in [3.8, 4) is 0 Å². The Morgan fingerprint density at radius 1 is 1.05 bits per heavy atom. The highest BCUT2D eigenvalue weighted by atomic mass is 16.5. The Morgan fingerprint density at radius 2 is 1.67 bits per heavy atom. The normalized spacial score (nSPS) is 33.4. The van der Waals surface area contributed by atoms with Gasteiger partial charge >= 0.3 is 0 Å². The zero-order valence-electron chi connectivity index (χ0n) is 14.9. The molecule has 2 rings (SSSR count). The summed E-state index contributed by atoms with van der Waals surface area (Å²) in [6.45, 7) is 18.2. The van der Waals surface area contributed by atoms with E-state index in [1.807, 2.05) is 0 Å². The van der Waals surface area contributed by atoms with E-state index in [0.717, 1.165) is 13.1 Å². The van der Waals surface area contributed by atoms with Gasteiger partial charge in [0.25, 0.3) is 0 Å². The van der Waals surface area contributed by atoms with Gasteiger partial charge in [-0.2, -0.15) is 0 Å². The third-order valence-electron chi connectivity index (χ3n) is 5.24. The molecule has 2 saturated heterocycles. The minimum atomic E-state index is -0.0874. The first-order chi connectivity index (χ1) is 9.76. The number of likely N-dealkylation sites (N-methyl/N-ethyl adjacent to an activating group) is 1. The predicted molar refractivity (Wildman–Crippen MR) is 88.8 cm³/mol. The Kier molecular flexibility index (Phi) is 5.35. The molecule has 0 spiro atoms. The maximum Gasteiger partial charge on any atom is 0.0790 e. The van der Waals surface area contributed by atoms with E-state index in [1.165, 1.54) is 32.6 Å². The van der Waals surface area contributed by atoms with Gasteiger partial charge in [0.1, 0.15) is 0 Å². The van der Waals surface area contributed by atoms with Gasteiger partial charge in [0.15, 0.2) is 0 Å². The fourth-order valence-corrected chi connectivity index (χ4v) is 4.02. The predicted octanol–water partition coefficient (Wildman–Crippen LogP) is 1.81. The number of piperazine rings is 1. The van der Waals surface area contributed by atoms with Crippen LogP contribution in [0, 0.1) is 5.92 Å². The number of hydrogen-bond acceptors (Lipinski definition) is 4. The van der Waals surface area contributed by atoms with E-state index in [4.69, 9.17) is 4.74 Å². The van der Waals surface area contributed by atoms with Gasteiger partial charge in [-0.15, -0.1) is 0 Å². The van der Waals surface area contributed by atoms with Crippen LogP contribution < -0.4 is 5.32 Å². The smallest absolute Gasteiger partial charge is 0.0790 e. The van der Waals surface area contributed by atoms with Gasteiger partial charge in [-0.05, 0) is 47.7 Å². The maximum absolute atomic E-state index is 6.42. The molecule has 2 aliphatic rings. The third kappa shape index (κ3) is 3.98. The summed E-state index contributed by atoms with van der Waals surface area (Å²) < 4.78 is 6.42. The van der Waals surface area contributed by atoms with Crippen molar-refractivity contribution >= 4 is 0 Å². The van der Waals surface area contributed by atoms with E-state index in [-0.39, 0.29) is 11.2 Å². The first-order valence-electron chi connectivity index (χ1n) is 8.60. The summed E-state index contributed by atoms with van der Waals surface area (Å²) in [5.41, 5.74) is -0.145. The summed E-state index contributed by atoms with van der Waals surface area (Å²) in [6, 6.07) is 0.437. The third-order valence-corrected chi connectivity index (χ3v) is 5.24. The van der Waals surface area contributed by atoms with Crippen LogP contribution in [0.1, 0.15) is 41.0 Å². The summed E-state index contributed by atoms with van der Waals surface area (Å²) in [5.74, 6) is 0.544. The fraction of sp³-hybridized carbons (Fsp3) is 1.00. The van der Waals surface area contributed by atoms with Gasteiger partial charge in [0.05, 0.1) is 11.2 Å². The Balaban J connectivity index is 2.05. The summed E-state index contributed by atoms with van der Waals surface area (Å²) in [6.07, 6.45) is 1.17. The molecule has 0 aromatic carbocycles.